The third-order valence-corrected chi connectivity index (χ3v) is 3.95. The summed E-state index contributed by atoms with van der Waals surface area (Å²) in [5, 5.41) is 2.81. The molecule has 0 saturated heterocycles. The molecule has 1 heterocycles. The lowest BCUT2D eigenvalue weighted by molar-refractivity contribution is 1.35. The highest BCUT2D eigenvalue weighted by Gasteiger charge is 2.02. The van der Waals surface area contributed by atoms with Crippen molar-refractivity contribution in [2.75, 3.05) is 0 Å². The predicted molar refractivity (Wildman–Crippen MR) is 95.9 cm³/mol. The number of nitrogens with zero attached hydrogens (tertiary/aromatic N) is 2. The Hall–Kier alpha value is -2.52. The summed E-state index contributed by atoms with van der Waals surface area (Å²) in [4.78, 5) is 8.92. The molecular weight excluding hydrogens is 288 g/mol. The van der Waals surface area contributed by atoms with Crippen LogP contribution in [0.4, 0.5) is 5.13 Å². The second-order valence-electron chi connectivity index (χ2n) is 4.93. The second kappa shape index (κ2) is 6.96. The first-order valence-corrected chi connectivity index (χ1v) is 7.97. The second-order valence-corrected chi connectivity index (χ2v) is 5.77. The zero-order chi connectivity index (χ0) is 15.2. The van der Waals surface area contributed by atoms with Gasteiger partial charge in [0.05, 0.1) is 5.69 Å². The van der Waals surface area contributed by atoms with Gasteiger partial charge in [-0.15, -0.1) is 11.3 Å². The average Bonchev–Trinajstić information content (AvgIpc) is 3.02. The van der Waals surface area contributed by atoms with Gasteiger partial charge >= 0.3 is 0 Å². The Labute approximate surface area is 134 Å². The molecule has 0 spiro atoms. The zero-order valence-corrected chi connectivity index (χ0v) is 13.1. The minimum absolute atomic E-state index is 0.772. The van der Waals surface area contributed by atoms with Gasteiger partial charge in [-0.05, 0) is 18.6 Å². The first-order chi connectivity index (χ1) is 10.8. The smallest absolute Gasteiger partial charge is 0.209 e. The zero-order valence-electron chi connectivity index (χ0n) is 12.3. The van der Waals surface area contributed by atoms with E-state index in [1.807, 2.05) is 35.7 Å². The van der Waals surface area contributed by atoms with Crippen LogP contribution in [-0.4, -0.2) is 11.2 Å². The molecule has 2 aromatic carbocycles. The van der Waals surface area contributed by atoms with Crippen LogP contribution >= 0.6 is 11.3 Å². The molecule has 108 valence electrons. The number of hydrogen-bond acceptors (Lipinski definition) is 3. The molecular formula is C19H16N2S. The molecule has 22 heavy (non-hydrogen) atoms. The fourth-order valence-electron chi connectivity index (χ4n) is 2.01. The highest BCUT2D eigenvalue weighted by Crippen LogP contribution is 2.26. The van der Waals surface area contributed by atoms with E-state index in [-0.39, 0.29) is 0 Å². The normalized spacial score (nSPS) is 11.5. The minimum Gasteiger partial charge on any atom is -0.228 e. The Morgan fingerprint density at radius 1 is 1.00 bits per heavy atom. The van der Waals surface area contributed by atoms with Gasteiger partial charge in [0.2, 0.25) is 5.13 Å². The van der Waals surface area contributed by atoms with Crippen LogP contribution in [0.2, 0.25) is 0 Å². The van der Waals surface area contributed by atoms with Gasteiger partial charge in [0, 0.05) is 17.2 Å². The van der Waals surface area contributed by atoms with Crippen LogP contribution in [0.25, 0.3) is 17.3 Å². The lowest BCUT2D eigenvalue weighted by atomic mass is 10.1. The Kier molecular flexibility index (Phi) is 4.56. The molecule has 3 heteroatoms. The number of benzene rings is 2. The van der Waals surface area contributed by atoms with Crippen LogP contribution < -0.4 is 0 Å². The predicted octanol–water partition coefficient (Wildman–Crippen LogP) is 5.53. The molecule has 0 aliphatic rings. The van der Waals surface area contributed by atoms with E-state index in [4.69, 9.17) is 0 Å². The molecule has 0 amide bonds. The first-order valence-electron chi connectivity index (χ1n) is 7.09. The third kappa shape index (κ3) is 3.77. The van der Waals surface area contributed by atoms with Gasteiger partial charge in [-0.1, -0.05) is 66.2 Å². The summed E-state index contributed by atoms with van der Waals surface area (Å²) in [5.41, 5.74) is 4.52. The topological polar surface area (TPSA) is 25.2 Å². The highest BCUT2D eigenvalue weighted by atomic mass is 32.1. The molecule has 3 aromatic rings. The van der Waals surface area contributed by atoms with Crippen molar-refractivity contribution < 1.29 is 0 Å². The maximum Gasteiger partial charge on any atom is 0.209 e. The maximum atomic E-state index is 4.54. The maximum absolute atomic E-state index is 4.54. The van der Waals surface area contributed by atoms with E-state index in [9.17, 15) is 0 Å². The third-order valence-electron chi connectivity index (χ3n) is 3.20. The van der Waals surface area contributed by atoms with Gasteiger partial charge in [0.1, 0.15) is 0 Å². The summed E-state index contributed by atoms with van der Waals surface area (Å²) in [7, 11) is 0. The van der Waals surface area contributed by atoms with E-state index in [0.29, 0.717) is 0 Å². The number of thiazole rings is 1. The van der Waals surface area contributed by atoms with Crippen LogP contribution in [0.15, 0.2) is 71.0 Å². The fraction of sp³-hybridized carbons (Fsp3) is 0.0526. The molecule has 0 saturated carbocycles. The summed E-state index contributed by atoms with van der Waals surface area (Å²) < 4.78 is 0. The summed E-state index contributed by atoms with van der Waals surface area (Å²) in [5.74, 6) is 0. The molecule has 0 aliphatic carbocycles. The molecule has 0 atom stereocenters. The van der Waals surface area contributed by atoms with Crippen molar-refractivity contribution in [2.24, 2.45) is 4.99 Å². The average molecular weight is 304 g/mol. The van der Waals surface area contributed by atoms with E-state index >= 15 is 0 Å². The van der Waals surface area contributed by atoms with E-state index in [0.717, 1.165) is 22.0 Å². The van der Waals surface area contributed by atoms with Gasteiger partial charge in [-0.2, -0.15) is 0 Å². The van der Waals surface area contributed by atoms with Crippen molar-refractivity contribution in [3.63, 3.8) is 0 Å². The number of allylic oxidation sites excluding steroid dienone is 1. The van der Waals surface area contributed by atoms with Gasteiger partial charge in [-0.3, -0.25) is 0 Å². The largest absolute Gasteiger partial charge is 0.228 e. The molecule has 0 radical (unpaired) electrons. The Balaban J connectivity index is 1.68. The first kappa shape index (κ1) is 14.4. The van der Waals surface area contributed by atoms with Crippen molar-refractivity contribution in [3.05, 3.63) is 77.2 Å². The molecule has 0 N–H and O–H groups in total. The number of hydrogen-bond donors (Lipinski definition) is 0. The summed E-state index contributed by atoms with van der Waals surface area (Å²) in [6.07, 6.45) is 5.74. The summed E-state index contributed by atoms with van der Waals surface area (Å²) in [6, 6.07) is 18.5. The lowest BCUT2D eigenvalue weighted by Crippen LogP contribution is -1.77. The van der Waals surface area contributed by atoms with Crippen LogP contribution in [0.1, 0.15) is 11.1 Å². The minimum atomic E-state index is 0.772. The highest BCUT2D eigenvalue weighted by molar-refractivity contribution is 7.13. The van der Waals surface area contributed by atoms with Crippen LogP contribution in [0, 0.1) is 6.92 Å². The molecule has 3 rings (SSSR count). The van der Waals surface area contributed by atoms with Gasteiger partial charge in [0.25, 0.3) is 0 Å². The molecule has 0 bridgehead atoms. The van der Waals surface area contributed by atoms with Crippen LogP contribution in [0.5, 0.6) is 0 Å². The summed E-state index contributed by atoms with van der Waals surface area (Å²) >= 11 is 1.55. The monoisotopic (exact) mass is 304 g/mol. The molecule has 0 aliphatic heterocycles. The Morgan fingerprint density at radius 3 is 2.55 bits per heavy atom. The molecule has 1 aromatic heterocycles. The van der Waals surface area contributed by atoms with Crippen molar-refractivity contribution in [1.29, 1.82) is 0 Å². The number of rotatable bonds is 4. The van der Waals surface area contributed by atoms with Gasteiger partial charge in [0.15, 0.2) is 0 Å². The SMILES string of the molecule is Cc1ccc(-c2csc(N=CC=Cc3ccccc3)n2)cc1. The standard InChI is InChI=1S/C19H16N2S/c1-15-9-11-17(12-10-15)18-14-22-19(21-18)20-13-5-8-16-6-3-2-4-7-16/h2-14H,1H3. The number of aryl methyl sites for hydroxylation is 1. The van der Waals surface area contributed by atoms with E-state index in [1.54, 1.807) is 17.6 Å². The quantitative estimate of drug-likeness (QED) is 0.581. The van der Waals surface area contributed by atoms with Crippen molar-refractivity contribution in [1.82, 2.24) is 4.98 Å². The lowest BCUT2D eigenvalue weighted by Gasteiger charge is -1.96. The van der Waals surface area contributed by atoms with Crippen LogP contribution in [-0.2, 0) is 0 Å². The van der Waals surface area contributed by atoms with Gasteiger partial charge < -0.3 is 0 Å². The van der Waals surface area contributed by atoms with E-state index in [1.165, 1.54) is 5.56 Å². The Bertz CT molecular complexity index is 784. The number of aromatic nitrogens is 1. The summed E-state index contributed by atoms with van der Waals surface area (Å²) in [6.45, 7) is 2.08. The van der Waals surface area contributed by atoms with E-state index < -0.39 is 0 Å². The Morgan fingerprint density at radius 2 is 1.77 bits per heavy atom. The molecule has 0 unspecified atom stereocenters. The van der Waals surface area contributed by atoms with E-state index in [2.05, 4.69) is 53.3 Å². The fourth-order valence-corrected chi connectivity index (χ4v) is 2.68. The van der Waals surface area contributed by atoms with Crippen molar-refractivity contribution in [3.8, 4) is 11.3 Å². The number of aliphatic imine (C=N–C) groups is 1. The van der Waals surface area contributed by atoms with Crippen molar-refractivity contribution in [2.45, 2.75) is 6.92 Å². The molecule has 2 nitrogen and oxygen atoms in total. The van der Waals surface area contributed by atoms with Gasteiger partial charge in [-0.25, -0.2) is 9.98 Å². The van der Waals surface area contributed by atoms with Crippen molar-refractivity contribution >= 4 is 28.8 Å². The van der Waals surface area contributed by atoms with Crippen LogP contribution in [0.3, 0.4) is 0 Å². The molecule has 0 fully saturated rings.